The molecule has 170 valence electrons. The lowest BCUT2D eigenvalue weighted by Crippen LogP contribution is -2.31. The van der Waals surface area contributed by atoms with Gasteiger partial charge in [0.1, 0.15) is 0 Å². The molecule has 2 unspecified atom stereocenters. The van der Waals surface area contributed by atoms with Crippen LogP contribution >= 0.6 is 0 Å². The number of halogens is 2. The molecule has 2 aliphatic rings. The Morgan fingerprint density at radius 3 is 2.43 bits per heavy atom. The highest BCUT2D eigenvalue weighted by Crippen LogP contribution is 2.37. The minimum absolute atomic E-state index is 0.00178. The van der Waals surface area contributed by atoms with E-state index in [4.69, 9.17) is 14.2 Å². The Morgan fingerprint density at radius 2 is 1.77 bits per heavy atom. The van der Waals surface area contributed by atoms with E-state index in [1.54, 1.807) is 19.1 Å². The standard InChI is InChI=1S/C25H38F2O3/c1-3-5-6-7-20-11-8-18(16-29-20)17-30-21-12-9-19(10-13-21)22-14-15-23(28-4-2)25(27)24(22)26/h14-15,18-21H,3-13,16-17H2,1-2H3. The molecule has 2 atom stereocenters. The van der Waals surface area contributed by atoms with Crippen LogP contribution in [0.2, 0.25) is 0 Å². The first kappa shape index (κ1) is 23.5. The van der Waals surface area contributed by atoms with Crippen molar-refractivity contribution in [2.24, 2.45) is 5.92 Å². The quantitative estimate of drug-likeness (QED) is 0.387. The first-order valence-electron chi connectivity index (χ1n) is 12.0. The van der Waals surface area contributed by atoms with Crippen molar-refractivity contribution in [1.82, 2.24) is 0 Å². The fourth-order valence-electron chi connectivity index (χ4n) is 4.78. The Hall–Kier alpha value is -1.20. The van der Waals surface area contributed by atoms with Gasteiger partial charge in [0.05, 0.1) is 32.0 Å². The summed E-state index contributed by atoms with van der Waals surface area (Å²) in [7, 11) is 0. The first-order valence-corrected chi connectivity index (χ1v) is 12.0. The molecule has 0 spiro atoms. The van der Waals surface area contributed by atoms with Crippen LogP contribution in [0, 0.1) is 17.6 Å². The van der Waals surface area contributed by atoms with Crippen LogP contribution in [0.25, 0.3) is 0 Å². The number of hydrogen-bond donors (Lipinski definition) is 0. The van der Waals surface area contributed by atoms with Crippen LogP contribution in [0.5, 0.6) is 5.75 Å². The summed E-state index contributed by atoms with van der Waals surface area (Å²) < 4.78 is 46.0. The van der Waals surface area contributed by atoms with Gasteiger partial charge in [0, 0.05) is 5.92 Å². The first-order chi connectivity index (χ1) is 14.6. The molecule has 1 aliphatic heterocycles. The van der Waals surface area contributed by atoms with Crippen LogP contribution in [0.3, 0.4) is 0 Å². The van der Waals surface area contributed by atoms with Crippen LogP contribution < -0.4 is 4.74 Å². The van der Waals surface area contributed by atoms with E-state index in [9.17, 15) is 8.78 Å². The van der Waals surface area contributed by atoms with Crippen LogP contribution in [0.1, 0.15) is 89.5 Å². The van der Waals surface area contributed by atoms with E-state index < -0.39 is 11.6 Å². The number of unbranched alkanes of at least 4 members (excludes halogenated alkanes) is 2. The van der Waals surface area contributed by atoms with Crippen LogP contribution in [0.15, 0.2) is 12.1 Å². The Labute approximate surface area is 180 Å². The molecule has 30 heavy (non-hydrogen) atoms. The van der Waals surface area contributed by atoms with Gasteiger partial charge in [0.2, 0.25) is 5.82 Å². The molecule has 3 rings (SSSR count). The fourth-order valence-corrected chi connectivity index (χ4v) is 4.78. The summed E-state index contributed by atoms with van der Waals surface area (Å²) in [6.07, 6.45) is 11.4. The van der Waals surface area contributed by atoms with Crippen molar-refractivity contribution in [1.29, 1.82) is 0 Å². The lowest BCUT2D eigenvalue weighted by Gasteiger charge is -2.32. The van der Waals surface area contributed by atoms with E-state index in [0.717, 1.165) is 45.3 Å². The predicted octanol–water partition coefficient (Wildman–Crippen LogP) is 6.78. The smallest absolute Gasteiger partial charge is 0.200 e. The van der Waals surface area contributed by atoms with Crippen molar-refractivity contribution in [2.75, 3.05) is 19.8 Å². The second-order valence-electron chi connectivity index (χ2n) is 8.92. The summed E-state index contributed by atoms with van der Waals surface area (Å²) in [6, 6.07) is 3.24. The maximum atomic E-state index is 14.5. The number of ether oxygens (including phenoxy) is 3. The molecule has 1 saturated carbocycles. The van der Waals surface area contributed by atoms with Gasteiger partial charge in [-0.3, -0.25) is 0 Å². The van der Waals surface area contributed by atoms with Crippen molar-refractivity contribution < 1.29 is 23.0 Å². The molecule has 1 aromatic carbocycles. The summed E-state index contributed by atoms with van der Waals surface area (Å²) >= 11 is 0. The van der Waals surface area contributed by atoms with Gasteiger partial charge in [0.25, 0.3) is 0 Å². The normalized spacial score (nSPS) is 27.2. The zero-order chi connectivity index (χ0) is 21.3. The summed E-state index contributed by atoms with van der Waals surface area (Å²) in [5, 5.41) is 0. The number of benzene rings is 1. The number of rotatable bonds is 10. The molecule has 2 fully saturated rings. The van der Waals surface area contributed by atoms with E-state index in [-0.39, 0.29) is 17.8 Å². The lowest BCUT2D eigenvalue weighted by atomic mass is 9.82. The minimum atomic E-state index is -0.863. The summed E-state index contributed by atoms with van der Waals surface area (Å²) in [5.41, 5.74) is 0.476. The molecular formula is C25H38F2O3. The molecule has 0 radical (unpaired) electrons. The lowest BCUT2D eigenvalue weighted by molar-refractivity contribution is -0.0651. The van der Waals surface area contributed by atoms with Crippen molar-refractivity contribution >= 4 is 0 Å². The molecular weight excluding hydrogens is 386 g/mol. The van der Waals surface area contributed by atoms with E-state index in [1.165, 1.54) is 32.1 Å². The third kappa shape index (κ3) is 6.40. The second kappa shape index (κ2) is 12.0. The molecule has 1 heterocycles. The SMILES string of the molecule is CCCCCC1CCC(COC2CCC(c3ccc(OCC)c(F)c3F)CC2)CO1. The van der Waals surface area contributed by atoms with E-state index in [2.05, 4.69) is 6.92 Å². The van der Waals surface area contributed by atoms with Crippen molar-refractivity contribution in [2.45, 2.75) is 96.2 Å². The van der Waals surface area contributed by atoms with E-state index in [0.29, 0.717) is 24.2 Å². The molecule has 1 saturated heterocycles. The Morgan fingerprint density at radius 1 is 0.967 bits per heavy atom. The van der Waals surface area contributed by atoms with Gasteiger partial charge in [-0.2, -0.15) is 4.39 Å². The van der Waals surface area contributed by atoms with E-state index >= 15 is 0 Å². The van der Waals surface area contributed by atoms with Crippen molar-refractivity contribution in [3.63, 3.8) is 0 Å². The van der Waals surface area contributed by atoms with Gasteiger partial charge in [-0.05, 0) is 69.4 Å². The highest BCUT2D eigenvalue weighted by molar-refractivity contribution is 5.33. The predicted molar refractivity (Wildman–Crippen MR) is 115 cm³/mol. The van der Waals surface area contributed by atoms with Crippen LogP contribution in [-0.2, 0) is 9.47 Å². The second-order valence-corrected chi connectivity index (χ2v) is 8.92. The van der Waals surface area contributed by atoms with Crippen LogP contribution in [0.4, 0.5) is 8.78 Å². The van der Waals surface area contributed by atoms with Gasteiger partial charge >= 0.3 is 0 Å². The molecule has 5 heteroatoms. The number of hydrogen-bond acceptors (Lipinski definition) is 3. The van der Waals surface area contributed by atoms with Gasteiger partial charge in [0.15, 0.2) is 11.6 Å². The zero-order valence-electron chi connectivity index (χ0n) is 18.6. The monoisotopic (exact) mass is 424 g/mol. The maximum Gasteiger partial charge on any atom is 0.200 e. The van der Waals surface area contributed by atoms with Gasteiger partial charge in [-0.1, -0.05) is 32.3 Å². The largest absolute Gasteiger partial charge is 0.491 e. The van der Waals surface area contributed by atoms with Crippen molar-refractivity contribution in [3.05, 3.63) is 29.3 Å². The maximum absolute atomic E-state index is 14.5. The molecule has 1 aliphatic carbocycles. The molecule has 3 nitrogen and oxygen atoms in total. The highest BCUT2D eigenvalue weighted by Gasteiger charge is 2.28. The molecule has 0 amide bonds. The highest BCUT2D eigenvalue weighted by atomic mass is 19.2. The fraction of sp³-hybridized carbons (Fsp3) is 0.760. The summed E-state index contributed by atoms with van der Waals surface area (Å²) in [4.78, 5) is 0. The average molecular weight is 425 g/mol. The van der Waals surface area contributed by atoms with E-state index in [1.807, 2.05) is 0 Å². The Kier molecular flexibility index (Phi) is 9.38. The summed E-state index contributed by atoms with van der Waals surface area (Å²) in [6.45, 7) is 5.88. The topological polar surface area (TPSA) is 27.7 Å². The Bertz CT molecular complexity index is 636. The third-order valence-corrected chi connectivity index (χ3v) is 6.65. The van der Waals surface area contributed by atoms with Crippen LogP contribution in [-0.4, -0.2) is 32.0 Å². The minimum Gasteiger partial charge on any atom is -0.491 e. The molecule has 0 N–H and O–H groups in total. The molecule has 1 aromatic rings. The molecule has 0 aromatic heterocycles. The van der Waals surface area contributed by atoms with Crippen molar-refractivity contribution in [3.8, 4) is 5.75 Å². The third-order valence-electron chi connectivity index (χ3n) is 6.65. The van der Waals surface area contributed by atoms with Gasteiger partial charge < -0.3 is 14.2 Å². The molecule has 0 bridgehead atoms. The van der Waals surface area contributed by atoms with Gasteiger partial charge in [-0.15, -0.1) is 0 Å². The zero-order valence-corrected chi connectivity index (χ0v) is 18.6. The average Bonchev–Trinajstić information content (AvgIpc) is 2.77. The Balaban J connectivity index is 1.38. The van der Waals surface area contributed by atoms with Gasteiger partial charge in [-0.25, -0.2) is 4.39 Å². The summed E-state index contributed by atoms with van der Waals surface area (Å²) in [5.74, 6) is -1.08.